The van der Waals surface area contributed by atoms with E-state index in [2.05, 4.69) is 32.3 Å². The molecular formula is C13H12N4O. The first-order valence-corrected chi connectivity index (χ1v) is 6.18. The predicted molar refractivity (Wildman–Crippen MR) is 63.4 cm³/mol. The van der Waals surface area contributed by atoms with E-state index in [4.69, 9.17) is 4.52 Å². The summed E-state index contributed by atoms with van der Waals surface area (Å²) in [5.41, 5.74) is 0.659. The average molecular weight is 240 g/mol. The van der Waals surface area contributed by atoms with E-state index in [0.29, 0.717) is 29.3 Å². The number of fused-ring (bicyclic) bond motifs is 2. The second-order valence-electron chi connectivity index (χ2n) is 4.93. The Morgan fingerprint density at radius 2 is 2.17 bits per heavy atom. The molecule has 4 rings (SSSR count). The van der Waals surface area contributed by atoms with Gasteiger partial charge in [-0.3, -0.25) is 4.98 Å². The van der Waals surface area contributed by atoms with Gasteiger partial charge in [-0.15, -0.1) is 0 Å². The SMILES string of the molecule is C1=CC2CC1CC2c1nc(-c2cnccn2)no1. The van der Waals surface area contributed by atoms with Gasteiger partial charge >= 0.3 is 0 Å². The van der Waals surface area contributed by atoms with Crippen LogP contribution in [0.15, 0.2) is 35.3 Å². The first kappa shape index (κ1) is 9.94. The van der Waals surface area contributed by atoms with Crippen molar-refractivity contribution in [3.8, 4) is 11.5 Å². The quantitative estimate of drug-likeness (QED) is 0.753. The summed E-state index contributed by atoms with van der Waals surface area (Å²) in [4.78, 5) is 12.7. The molecule has 3 unspecified atom stereocenters. The highest BCUT2D eigenvalue weighted by Gasteiger charge is 2.39. The third-order valence-corrected chi connectivity index (χ3v) is 3.83. The molecule has 18 heavy (non-hydrogen) atoms. The van der Waals surface area contributed by atoms with E-state index in [-0.39, 0.29) is 0 Å². The van der Waals surface area contributed by atoms with Crippen LogP contribution >= 0.6 is 0 Å². The van der Waals surface area contributed by atoms with Crippen LogP contribution in [0.5, 0.6) is 0 Å². The normalized spacial score (nSPS) is 29.0. The minimum absolute atomic E-state index is 0.387. The van der Waals surface area contributed by atoms with Gasteiger partial charge in [0.25, 0.3) is 0 Å². The fraction of sp³-hybridized carbons (Fsp3) is 0.385. The molecular weight excluding hydrogens is 228 g/mol. The Morgan fingerprint density at radius 3 is 2.89 bits per heavy atom. The van der Waals surface area contributed by atoms with Crippen molar-refractivity contribution < 1.29 is 4.52 Å². The second-order valence-corrected chi connectivity index (χ2v) is 4.93. The first-order chi connectivity index (χ1) is 8.90. The highest BCUT2D eigenvalue weighted by atomic mass is 16.5. The average Bonchev–Trinajstić information content (AvgIpc) is 3.15. The van der Waals surface area contributed by atoms with Crippen molar-refractivity contribution in [1.29, 1.82) is 0 Å². The number of hydrogen-bond donors (Lipinski definition) is 0. The van der Waals surface area contributed by atoms with Crippen molar-refractivity contribution in [1.82, 2.24) is 20.1 Å². The maximum Gasteiger partial charge on any atom is 0.230 e. The molecule has 2 aliphatic rings. The number of rotatable bonds is 2. The van der Waals surface area contributed by atoms with Crippen LogP contribution in [0.25, 0.3) is 11.5 Å². The van der Waals surface area contributed by atoms with Crippen LogP contribution in [0, 0.1) is 11.8 Å². The summed E-state index contributed by atoms with van der Waals surface area (Å²) in [5.74, 6) is 2.94. The van der Waals surface area contributed by atoms with Gasteiger partial charge in [0.1, 0.15) is 5.69 Å². The van der Waals surface area contributed by atoms with Gasteiger partial charge < -0.3 is 4.52 Å². The molecule has 0 aliphatic heterocycles. The molecule has 0 radical (unpaired) electrons. The number of hydrogen-bond acceptors (Lipinski definition) is 5. The van der Waals surface area contributed by atoms with Gasteiger partial charge in [-0.1, -0.05) is 17.3 Å². The van der Waals surface area contributed by atoms with Crippen LogP contribution in [0.1, 0.15) is 24.7 Å². The summed E-state index contributed by atoms with van der Waals surface area (Å²) in [6.45, 7) is 0. The van der Waals surface area contributed by atoms with E-state index >= 15 is 0 Å². The summed E-state index contributed by atoms with van der Waals surface area (Å²) >= 11 is 0. The number of nitrogens with zero attached hydrogens (tertiary/aromatic N) is 4. The molecule has 0 amide bonds. The summed E-state index contributed by atoms with van der Waals surface area (Å²) in [6.07, 6.45) is 11.9. The Hall–Kier alpha value is -2.04. The minimum atomic E-state index is 0.387. The van der Waals surface area contributed by atoms with Crippen molar-refractivity contribution in [2.45, 2.75) is 18.8 Å². The number of aromatic nitrogens is 4. The summed E-state index contributed by atoms with van der Waals surface area (Å²) in [6, 6.07) is 0. The third kappa shape index (κ3) is 1.47. The molecule has 5 nitrogen and oxygen atoms in total. The molecule has 5 heteroatoms. The van der Waals surface area contributed by atoms with E-state index in [0.717, 1.165) is 12.3 Å². The molecule has 2 heterocycles. The zero-order valence-electron chi connectivity index (χ0n) is 9.73. The lowest BCUT2D eigenvalue weighted by Crippen LogP contribution is -2.05. The molecule has 3 atom stereocenters. The summed E-state index contributed by atoms with van der Waals surface area (Å²) in [5, 5.41) is 4.00. The Kier molecular flexibility index (Phi) is 2.06. The maximum atomic E-state index is 5.39. The van der Waals surface area contributed by atoms with E-state index in [9.17, 15) is 0 Å². The van der Waals surface area contributed by atoms with Gasteiger partial charge in [0.05, 0.1) is 6.20 Å². The molecule has 1 fully saturated rings. The van der Waals surface area contributed by atoms with E-state index in [1.165, 1.54) is 6.42 Å². The molecule has 0 saturated heterocycles. The highest BCUT2D eigenvalue weighted by Crippen LogP contribution is 2.48. The fourth-order valence-electron chi connectivity index (χ4n) is 2.97. The zero-order chi connectivity index (χ0) is 11.9. The monoisotopic (exact) mass is 240 g/mol. The standard InChI is InChI=1S/C13H12N4O/c1-2-9-5-8(1)6-10(9)13-16-12(17-18-13)11-7-14-3-4-15-11/h1-4,7-10H,5-6H2. The van der Waals surface area contributed by atoms with Crippen LogP contribution in [-0.4, -0.2) is 20.1 Å². The molecule has 2 bridgehead atoms. The smallest absolute Gasteiger partial charge is 0.230 e. The molecule has 0 spiro atoms. The van der Waals surface area contributed by atoms with Gasteiger partial charge in [-0.05, 0) is 24.7 Å². The first-order valence-electron chi connectivity index (χ1n) is 6.18. The Labute approximate surface area is 104 Å². The fourth-order valence-corrected chi connectivity index (χ4v) is 2.97. The topological polar surface area (TPSA) is 64.7 Å². The van der Waals surface area contributed by atoms with Crippen LogP contribution in [0.3, 0.4) is 0 Å². The zero-order valence-corrected chi connectivity index (χ0v) is 9.73. The maximum absolute atomic E-state index is 5.39. The molecule has 0 aromatic carbocycles. The van der Waals surface area contributed by atoms with Crippen molar-refractivity contribution in [2.75, 3.05) is 0 Å². The van der Waals surface area contributed by atoms with Gasteiger partial charge in [0.2, 0.25) is 11.7 Å². The van der Waals surface area contributed by atoms with E-state index in [1.54, 1.807) is 18.6 Å². The van der Waals surface area contributed by atoms with Crippen molar-refractivity contribution >= 4 is 0 Å². The van der Waals surface area contributed by atoms with Crippen molar-refractivity contribution in [3.05, 3.63) is 36.6 Å². The number of allylic oxidation sites excluding steroid dienone is 2. The predicted octanol–water partition coefficient (Wildman–Crippen LogP) is 2.21. The molecule has 2 aromatic heterocycles. The van der Waals surface area contributed by atoms with Gasteiger partial charge in [0.15, 0.2) is 0 Å². The van der Waals surface area contributed by atoms with Crippen LogP contribution in [0.2, 0.25) is 0 Å². The van der Waals surface area contributed by atoms with Gasteiger partial charge in [-0.25, -0.2) is 4.98 Å². The van der Waals surface area contributed by atoms with Crippen LogP contribution in [-0.2, 0) is 0 Å². The van der Waals surface area contributed by atoms with Crippen molar-refractivity contribution in [3.63, 3.8) is 0 Å². The molecule has 90 valence electrons. The summed E-state index contributed by atoms with van der Waals surface area (Å²) in [7, 11) is 0. The van der Waals surface area contributed by atoms with E-state index in [1.807, 2.05) is 0 Å². The molecule has 2 aromatic rings. The van der Waals surface area contributed by atoms with Gasteiger partial charge in [-0.2, -0.15) is 4.98 Å². The third-order valence-electron chi connectivity index (χ3n) is 3.83. The molecule has 0 N–H and O–H groups in total. The lowest BCUT2D eigenvalue weighted by atomic mass is 9.94. The Balaban J connectivity index is 1.65. The largest absolute Gasteiger partial charge is 0.339 e. The minimum Gasteiger partial charge on any atom is -0.339 e. The van der Waals surface area contributed by atoms with E-state index < -0.39 is 0 Å². The second kappa shape index (κ2) is 3.73. The van der Waals surface area contributed by atoms with Crippen molar-refractivity contribution in [2.24, 2.45) is 11.8 Å². The Morgan fingerprint density at radius 1 is 1.17 bits per heavy atom. The molecule has 2 aliphatic carbocycles. The van der Waals surface area contributed by atoms with Crippen LogP contribution in [0.4, 0.5) is 0 Å². The molecule has 1 saturated carbocycles. The highest BCUT2D eigenvalue weighted by molar-refractivity contribution is 5.45. The van der Waals surface area contributed by atoms with Crippen LogP contribution < -0.4 is 0 Å². The Bertz CT molecular complexity index is 592. The lowest BCUT2D eigenvalue weighted by molar-refractivity contribution is 0.337. The summed E-state index contributed by atoms with van der Waals surface area (Å²) < 4.78 is 5.39. The lowest BCUT2D eigenvalue weighted by Gasteiger charge is -2.12. The van der Waals surface area contributed by atoms with Gasteiger partial charge in [0, 0.05) is 18.3 Å².